The smallest absolute Gasteiger partial charge is 0.550 e. The van der Waals surface area contributed by atoms with E-state index in [1.54, 1.807) is 0 Å². The van der Waals surface area contributed by atoms with Crippen molar-refractivity contribution in [2.24, 2.45) is 0 Å². The van der Waals surface area contributed by atoms with Crippen LogP contribution in [-0.2, 0) is 55.7 Å². The molecule has 0 spiro atoms. The molecule has 0 saturated carbocycles. The van der Waals surface area contributed by atoms with Gasteiger partial charge in [0.25, 0.3) is 0 Å². The molecule has 0 aliphatic heterocycles. The van der Waals surface area contributed by atoms with Gasteiger partial charge in [-0.15, -0.1) is 0 Å². The SMILES string of the molecule is O=C([O-])CCCCCC(=O)[O-].O=C([O-])CCCCCC(=O)[O-].[Cu+2].[Zn+2]. The van der Waals surface area contributed by atoms with Gasteiger partial charge in [-0.2, -0.15) is 0 Å². The van der Waals surface area contributed by atoms with Crippen LogP contribution in [0, 0.1) is 0 Å². The minimum atomic E-state index is -1.08. The quantitative estimate of drug-likeness (QED) is 0.225. The summed E-state index contributed by atoms with van der Waals surface area (Å²) in [5.74, 6) is -4.34. The van der Waals surface area contributed by atoms with Crippen molar-refractivity contribution in [2.75, 3.05) is 0 Å². The first kappa shape index (κ1) is 30.9. The third kappa shape index (κ3) is 37.3. The van der Waals surface area contributed by atoms with E-state index in [1.165, 1.54) is 0 Å². The summed E-state index contributed by atoms with van der Waals surface area (Å²) >= 11 is 0. The van der Waals surface area contributed by atoms with Crippen LogP contribution in [0.2, 0.25) is 0 Å². The maximum absolute atomic E-state index is 9.86. The Balaban J connectivity index is -0.000000154. The Labute approximate surface area is 164 Å². The van der Waals surface area contributed by atoms with Crippen LogP contribution in [-0.4, -0.2) is 23.9 Å². The van der Waals surface area contributed by atoms with Crippen molar-refractivity contribution in [3.05, 3.63) is 0 Å². The molecule has 24 heavy (non-hydrogen) atoms. The second-order valence-corrected chi connectivity index (χ2v) is 4.61. The van der Waals surface area contributed by atoms with Crippen molar-refractivity contribution in [2.45, 2.75) is 64.2 Å². The number of carboxylic acids is 4. The van der Waals surface area contributed by atoms with Crippen molar-refractivity contribution >= 4 is 23.9 Å². The van der Waals surface area contributed by atoms with Crippen LogP contribution >= 0.6 is 0 Å². The first-order valence-corrected chi connectivity index (χ1v) is 7.05. The number of carboxylic acid groups (broad SMARTS) is 4. The van der Waals surface area contributed by atoms with Gasteiger partial charge in [0, 0.05) is 23.9 Å². The number of rotatable bonds is 12. The molecule has 0 unspecified atom stereocenters. The largest absolute Gasteiger partial charge is 2.00 e. The summed E-state index contributed by atoms with van der Waals surface area (Å²) in [6.07, 6.45) is 3.15. The first-order valence-electron chi connectivity index (χ1n) is 7.05. The van der Waals surface area contributed by atoms with Gasteiger partial charge in [0.1, 0.15) is 0 Å². The van der Waals surface area contributed by atoms with E-state index in [-0.39, 0.29) is 62.2 Å². The second-order valence-electron chi connectivity index (χ2n) is 4.61. The average Bonchev–Trinajstić information content (AvgIpc) is 2.37. The number of hydrogen-bond acceptors (Lipinski definition) is 8. The van der Waals surface area contributed by atoms with Crippen molar-refractivity contribution in [1.82, 2.24) is 0 Å². The van der Waals surface area contributed by atoms with E-state index in [1.807, 2.05) is 0 Å². The number of carbonyl (C=O) groups excluding carboxylic acids is 4. The third-order valence-electron chi connectivity index (χ3n) is 2.52. The maximum atomic E-state index is 9.86. The van der Waals surface area contributed by atoms with Crippen LogP contribution < -0.4 is 20.4 Å². The van der Waals surface area contributed by atoms with Gasteiger partial charge in [0.05, 0.1) is 0 Å². The molecule has 0 atom stereocenters. The predicted octanol–water partition coefficient (Wildman–Crippen LogP) is -3.13. The molecule has 137 valence electrons. The molecule has 0 heterocycles. The van der Waals surface area contributed by atoms with Crippen LogP contribution in [0.1, 0.15) is 64.2 Å². The number of carbonyl (C=O) groups is 4. The molecule has 10 heteroatoms. The molecule has 0 N–H and O–H groups in total. The van der Waals surface area contributed by atoms with Gasteiger partial charge in [0.15, 0.2) is 0 Å². The van der Waals surface area contributed by atoms with Crippen LogP contribution in [0.4, 0.5) is 0 Å². The minimum absolute atomic E-state index is 0. The fraction of sp³-hybridized carbons (Fsp3) is 0.714. The van der Waals surface area contributed by atoms with E-state index in [0.717, 1.165) is 0 Å². The molecule has 8 nitrogen and oxygen atoms in total. The summed E-state index contributed by atoms with van der Waals surface area (Å²) in [5.41, 5.74) is 0. The fourth-order valence-electron chi connectivity index (χ4n) is 1.43. The predicted molar refractivity (Wildman–Crippen MR) is 66.2 cm³/mol. The number of unbranched alkanes of at least 4 members (excludes halogenated alkanes) is 4. The topological polar surface area (TPSA) is 161 Å². The Bertz CT molecular complexity index is 297. The van der Waals surface area contributed by atoms with Gasteiger partial charge in [-0.1, -0.05) is 12.8 Å². The zero-order valence-corrected chi connectivity index (χ0v) is 17.3. The van der Waals surface area contributed by atoms with Crippen LogP contribution in [0.5, 0.6) is 0 Å². The zero-order valence-electron chi connectivity index (χ0n) is 13.3. The van der Waals surface area contributed by atoms with Gasteiger partial charge in [-0.05, 0) is 51.4 Å². The molecule has 0 aromatic rings. The van der Waals surface area contributed by atoms with Crippen molar-refractivity contribution in [3.63, 3.8) is 0 Å². The minimum Gasteiger partial charge on any atom is -0.550 e. The molecule has 0 rings (SSSR count). The van der Waals surface area contributed by atoms with E-state index >= 15 is 0 Å². The number of aliphatic carboxylic acids is 4. The molecular formula is C14H20CuO8Zn. The molecule has 0 aromatic heterocycles. The normalized spacial score (nSPS) is 8.67. The Kier molecular flexibility index (Phi) is 28.3. The standard InChI is InChI=1S/2C7H12O4.Cu.Zn/c2*8-6(9)4-2-1-3-5-7(10)11;;/h2*1-5H2,(H,8,9)(H,10,11);;/q;;2*+2/p-4. The van der Waals surface area contributed by atoms with Gasteiger partial charge in [0.2, 0.25) is 0 Å². The van der Waals surface area contributed by atoms with Crippen LogP contribution in [0.3, 0.4) is 0 Å². The maximum Gasteiger partial charge on any atom is 2.00 e. The van der Waals surface area contributed by atoms with Gasteiger partial charge in [-0.3, -0.25) is 0 Å². The van der Waals surface area contributed by atoms with Crippen LogP contribution in [0.15, 0.2) is 0 Å². The van der Waals surface area contributed by atoms with E-state index in [0.29, 0.717) is 38.5 Å². The third-order valence-corrected chi connectivity index (χ3v) is 2.52. The average molecular weight is 445 g/mol. The summed E-state index contributed by atoms with van der Waals surface area (Å²) < 4.78 is 0. The fourth-order valence-corrected chi connectivity index (χ4v) is 1.43. The van der Waals surface area contributed by atoms with Crippen molar-refractivity contribution in [3.8, 4) is 0 Å². The Hall–Kier alpha value is -0.977. The second kappa shape index (κ2) is 22.0. The van der Waals surface area contributed by atoms with E-state index in [4.69, 9.17) is 0 Å². The van der Waals surface area contributed by atoms with Crippen molar-refractivity contribution in [1.29, 1.82) is 0 Å². The molecule has 0 amide bonds. The summed E-state index contributed by atoms with van der Waals surface area (Å²) in [5, 5.41) is 39.4. The van der Waals surface area contributed by atoms with Crippen molar-refractivity contribution < 1.29 is 76.2 Å². The molecule has 0 bridgehead atoms. The van der Waals surface area contributed by atoms with Gasteiger partial charge in [-0.25, -0.2) is 0 Å². The molecule has 0 saturated heterocycles. The monoisotopic (exact) mass is 443 g/mol. The summed E-state index contributed by atoms with van der Waals surface area (Å²) in [4.78, 5) is 39.4. The first-order chi connectivity index (χ1) is 10.3. The molecule has 0 fully saturated rings. The molecule has 0 aromatic carbocycles. The molecule has 0 aliphatic carbocycles. The van der Waals surface area contributed by atoms with E-state index < -0.39 is 23.9 Å². The number of hydrogen-bond donors (Lipinski definition) is 0. The van der Waals surface area contributed by atoms with E-state index in [9.17, 15) is 39.6 Å². The summed E-state index contributed by atoms with van der Waals surface area (Å²) in [6.45, 7) is 0. The van der Waals surface area contributed by atoms with Gasteiger partial charge >= 0.3 is 36.5 Å². The van der Waals surface area contributed by atoms with Gasteiger partial charge < -0.3 is 39.6 Å². The summed E-state index contributed by atoms with van der Waals surface area (Å²) in [6, 6.07) is 0. The Morgan fingerprint density at radius 2 is 0.625 bits per heavy atom. The summed E-state index contributed by atoms with van der Waals surface area (Å²) in [7, 11) is 0. The molecule has 0 aliphatic rings. The van der Waals surface area contributed by atoms with E-state index in [2.05, 4.69) is 0 Å². The molecular weight excluding hydrogens is 425 g/mol. The van der Waals surface area contributed by atoms with Crippen LogP contribution in [0.25, 0.3) is 0 Å². The molecule has 1 radical (unpaired) electrons. The zero-order chi connectivity index (χ0) is 17.4. The Morgan fingerprint density at radius 3 is 0.750 bits per heavy atom. The Morgan fingerprint density at radius 1 is 0.458 bits per heavy atom.